The van der Waals surface area contributed by atoms with E-state index in [0.29, 0.717) is 0 Å². The number of nitrogens with zero attached hydrogens (tertiary/aromatic N) is 1. The zero-order valence-corrected chi connectivity index (χ0v) is 9.33. The van der Waals surface area contributed by atoms with Gasteiger partial charge in [-0.25, -0.2) is 13.1 Å². The van der Waals surface area contributed by atoms with Crippen LogP contribution in [0.5, 0.6) is 0 Å². The van der Waals surface area contributed by atoms with Crippen molar-refractivity contribution in [3.05, 3.63) is 11.4 Å². The molecule has 1 aromatic rings. The monoisotopic (exact) mass is 257 g/mol. The van der Waals surface area contributed by atoms with Crippen molar-refractivity contribution in [2.45, 2.75) is 24.9 Å². The van der Waals surface area contributed by atoms with Gasteiger partial charge >= 0.3 is 6.18 Å². The van der Waals surface area contributed by atoms with E-state index in [1.54, 1.807) is 0 Å². The van der Waals surface area contributed by atoms with Crippen LogP contribution in [0.25, 0.3) is 0 Å². The van der Waals surface area contributed by atoms with Crippen molar-refractivity contribution in [1.29, 1.82) is 0 Å². The van der Waals surface area contributed by atoms with Gasteiger partial charge in [-0.2, -0.15) is 18.3 Å². The molecule has 9 heteroatoms. The zero-order valence-electron chi connectivity index (χ0n) is 8.51. The van der Waals surface area contributed by atoms with E-state index in [-0.39, 0.29) is 16.3 Å². The molecule has 0 saturated carbocycles. The second-order valence-electron chi connectivity index (χ2n) is 3.20. The van der Waals surface area contributed by atoms with E-state index in [2.05, 4.69) is 10.2 Å². The van der Waals surface area contributed by atoms with Gasteiger partial charge in [0.1, 0.15) is 11.4 Å². The summed E-state index contributed by atoms with van der Waals surface area (Å²) < 4.78 is 60.1. The average molecular weight is 257 g/mol. The maximum absolute atomic E-state index is 11.9. The summed E-state index contributed by atoms with van der Waals surface area (Å²) in [5.41, 5.74) is 0.333. The van der Waals surface area contributed by atoms with E-state index >= 15 is 0 Å². The molecule has 16 heavy (non-hydrogen) atoms. The van der Waals surface area contributed by atoms with Crippen LogP contribution in [0.3, 0.4) is 0 Å². The number of H-pyrrole nitrogens is 1. The minimum absolute atomic E-state index is 0.132. The average Bonchev–Trinajstić information content (AvgIpc) is 2.42. The van der Waals surface area contributed by atoms with Gasteiger partial charge in [0, 0.05) is 0 Å². The van der Waals surface area contributed by atoms with Crippen LogP contribution in [0.15, 0.2) is 4.90 Å². The summed E-state index contributed by atoms with van der Waals surface area (Å²) in [5.74, 6) is 0. The lowest BCUT2D eigenvalue weighted by molar-refractivity contribution is -0.121. The molecule has 0 aromatic carbocycles. The van der Waals surface area contributed by atoms with E-state index in [9.17, 15) is 21.6 Å². The van der Waals surface area contributed by atoms with Crippen molar-refractivity contribution in [3.63, 3.8) is 0 Å². The lowest BCUT2D eigenvalue weighted by Crippen LogP contribution is -2.34. The third-order valence-electron chi connectivity index (χ3n) is 1.79. The number of rotatable bonds is 3. The van der Waals surface area contributed by atoms with Crippen LogP contribution < -0.4 is 4.72 Å². The zero-order chi connectivity index (χ0) is 12.6. The number of aromatic nitrogens is 2. The van der Waals surface area contributed by atoms with Gasteiger partial charge in [0.15, 0.2) is 0 Å². The van der Waals surface area contributed by atoms with E-state index in [0.717, 1.165) is 0 Å². The summed E-state index contributed by atoms with van der Waals surface area (Å²) in [6.07, 6.45) is -4.58. The number of alkyl halides is 3. The molecule has 0 aliphatic heterocycles. The Morgan fingerprint density at radius 2 is 1.94 bits per heavy atom. The normalized spacial score (nSPS) is 13.1. The molecule has 92 valence electrons. The molecule has 0 spiro atoms. The Morgan fingerprint density at radius 1 is 1.38 bits per heavy atom. The van der Waals surface area contributed by atoms with Gasteiger partial charge in [-0.3, -0.25) is 5.10 Å². The maximum atomic E-state index is 11.9. The highest BCUT2D eigenvalue weighted by Gasteiger charge is 2.31. The summed E-state index contributed by atoms with van der Waals surface area (Å²) in [4.78, 5) is -0.239. The van der Waals surface area contributed by atoms with Gasteiger partial charge in [-0.15, -0.1) is 0 Å². The van der Waals surface area contributed by atoms with Gasteiger partial charge < -0.3 is 0 Å². The molecule has 0 radical (unpaired) electrons. The van der Waals surface area contributed by atoms with Crippen LogP contribution in [0.1, 0.15) is 11.4 Å². The van der Waals surface area contributed by atoms with Crippen LogP contribution in [0.2, 0.25) is 0 Å². The van der Waals surface area contributed by atoms with Crippen molar-refractivity contribution < 1.29 is 21.6 Å². The summed E-state index contributed by atoms with van der Waals surface area (Å²) in [6.45, 7) is 1.22. The fraction of sp³-hybridized carbons (Fsp3) is 0.571. The van der Waals surface area contributed by atoms with Crippen LogP contribution in [0, 0.1) is 13.8 Å². The summed E-state index contributed by atoms with van der Waals surface area (Å²) in [7, 11) is -4.18. The number of aromatic amines is 1. The Balaban J connectivity index is 2.96. The fourth-order valence-corrected chi connectivity index (χ4v) is 2.57. The molecule has 0 atom stereocenters. The van der Waals surface area contributed by atoms with Gasteiger partial charge in [0.25, 0.3) is 0 Å². The van der Waals surface area contributed by atoms with E-state index in [4.69, 9.17) is 0 Å². The molecule has 0 fully saturated rings. The molecule has 0 aliphatic rings. The lowest BCUT2D eigenvalue weighted by Gasteiger charge is -2.09. The minimum Gasteiger partial charge on any atom is -0.281 e. The molecule has 5 nitrogen and oxygen atoms in total. The summed E-state index contributed by atoms with van der Waals surface area (Å²) >= 11 is 0. The van der Waals surface area contributed by atoms with Crippen molar-refractivity contribution in [2.24, 2.45) is 0 Å². The first-order valence-electron chi connectivity index (χ1n) is 4.21. The van der Waals surface area contributed by atoms with Gasteiger partial charge in [-0.1, -0.05) is 0 Å². The van der Waals surface area contributed by atoms with Crippen molar-refractivity contribution in [3.8, 4) is 0 Å². The third-order valence-corrected chi connectivity index (χ3v) is 3.46. The van der Waals surface area contributed by atoms with E-state index in [1.165, 1.54) is 18.6 Å². The van der Waals surface area contributed by atoms with Crippen LogP contribution in [0.4, 0.5) is 13.2 Å². The predicted molar refractivity (Wildman–Crippen MR) is 49.3 cm³/mol. The molecule has 1 aromatic heterocycles. The SMILES string of the molecule is Cc1n[nH]c(C)c1S(=O)(=O)NCC(F)(F)F. The van der Waals surface area contributed by atoms with Crippen LogP contribution in [-0.2, 0) is 10.0 Å². The van der Waals surface area contributed by atoms with Crippen LogP contribution in [-0.4, -0.2) is 31.3 Å². The second kappa shape index (κ2) is 4.06. The van der Waals surface area contributed by atoms with Crippen molar-refractivity contribution in [2.75, 3.05) is 6.54 Å². The number of hydrogen-bond acceptors (Lipinski definition) is 3. The summed E-state index contributed by atoms with van der Waals surface area (Å²) in [6, 6.07) is 0. The molecule has 0 saturated heterocycles. The quantitative estimate of drug-likeness (QED) is 0.843. The molecule has 0 aliphatic carbocycles. The largest absolute Gasteiger partial charge is 0.402 e. The third kappa shape index (κ3) is 2.95. The highest BCUT2D eigenvalue weighted by molar-refractivity contribution is 7.89. The molecule has 0 bridgehead atoms. The molecule has 1 rings (SSSR count). The second-order valence-corrected chi connectivity index (χ2v) is 4.91. The molecular formula is C7H10F3N3O2S. The number of sulfonamides is 1. The van der Waals surface area contributed by atoms with Crippen LogP contribution >= 0.6 is 0 Å². The highest BCUT2D eigenvalue weighted by Crippen LogP contribution is 2.18. The standard InChI is InChI=1S/C7H10F3N3O2S/c1-4-6(5(2)13-12-4)16(14,15)11-3-7(8,9)10/h11H,3H2,1-2H3,(H,12,13). The Labute approximate surface area is 90.1 Å². The van der Waals surface area contributed by atoms with Crippen molar-refractivity contribution >= 4 is 10.0 Å². The highest BCUT2D eigenvalue weighted by atomic mass is 32.2. The predicted octanol–water partition coefficient (Wildman–Crippen LogP) is 0.867. The van der Waals surface area contributed by atoms with E-state index < -0.39 is 22.7 Å². The molecule has 1 heterocycles. The lowest BCUT2D eigenvalue weighted by atomic mass is 10.4. The van der Waals surface area contributed by atoms with Gasteiger partial charge in [-0.05, 0) is 13.8 Å². The number of hydrogen-bond donors (Lipinski definition) is 2. The first-order valence-corrected chi connectivity index (χ1v) is 5.70. The van der Waals surface area contributed by atoms with Gasteiger partial charge in [0.2, 0.25) is 10.0 Å². The molecular weight excluding hydrogens is 247 g/mol. The minimum atomic E-state index is -4.58. The Bertz CT molecular complexity index is 458. The Kier molecular flexibility index (Phi) is 3.29. The molecule has 2 N–H and O–H groups in total. The first-order chi connectivity index (χ1) is 7.13. The maximum Gasteiger partial charge on any atom is 0.402 e. The number of aryl methyl sites for hydroxylation is 2. The number of nitrogens with one attached hydrogen (secondary N) is 2. The topological polar surface area (TPSA) is 74.8 Å². The summed E-state index contributed by atoms with van der Waals surface area (Å²) in [5, 5.41) is 5.99. The Morgan fingerprint density at radius 3 is 2.31 bits per heavy atom. The fourth-order valence-electron chi connectivity index (χ4n) is 1.19. The number of halogens is 3. The molecule has 0 unspecified atom stereocenters. The first kappa shape index (κ1) is 13.0. The molecule has 0 amide bonds. The smallest absolute Gasteiger partial charge is 0.281 e. The van der Waals surface area contributed by atoms with Crippen molar-refractivity contribution in [1.82, 2.24) is 14.9 Å². The van der Waals surface area contributed by atoms with Gasteiger partial charge in [0.05, 0.1) is 11.4 Å². The van der Waals surface area contributed by atoms with E-state index in [1.807, 2.05) is 0 Å². The Hall–Kier alpha value is -1.09.